The zero-order valence-corrected chi connectivity index (χ0v) is 17.7. The average Bonchev–Trinajstić information content (AvgIpc) is 3.53. The minimum absolute atomic E-state index is 0.0161. The zero-order valence-electron chi connectivity index (χ0n) is 17.7. The molecule has 5 nitrogen and oxygen atoms in total. The first-order valence-corrected chi connectivity index (χ1v) is 9.90. The summed E-state index contributed by atoms with van der Waals surface area (Å²) < 4.78 is 24.3. The summed E-state index contributed by atoms with van der Waals surface area (Å²) in [5, 5.41) is 3.48. The number of methoxy groups -OCH3 is 2. The number of hydrogen-bond donors (Lipinski definition) is 1. The van der Waals surface area contributed by atoms with Crippen LogP contribution < -0.4 is 14.8 Å². The largest absolute Gasteiger partial charge is 0.493 e. The zero-order chi connectivity index (χ0) is 20.9. The van der Waals surface area contributed by atoms with Crippen molar-refractivity contribution in [1.82, 2.24) is 10.2 Å². The quantitative estimate of drug-likeness (QED) is 0.544. The molecule has 0 saturated heterocycles. The van der Waals surface area contributed by atoms with Gasteiger partial charge in [0.05, 0.1) is 14.2 Å². The van der Waals surface area contributed by atoms with Gasteiger partial charge in [0.2, 0.25) is 0 Å². The summed E-state index contributed by atoms with van der Waals surface area (Å²) in [5.41, 5.74) is 2.25. The van der Waals surface area contributed by atoms with Crippen molar-refractivity contribution >= 4 is 5.96 Å². The van der Waals surface area contributed by atoms with E-state index in [1.54, 1.807) is 33.4 Å². The minimum Gasteiger partial charge on any atom is -0.493 e. The van der Waals surface area contributed by atoms with Gasteiger partial charge in [-0.2, -0.15) is 0 Å². The molecule has 0 heterocycles. The van der Waals surface area contributed by atoms with E-state index in [2.05, 4.69) is 21.3 Å². The van der Waals surface area contributed by atoms with Crippen LogP contribution in [0.3, 0.4) is 0 Å². The monoisotopic (exact) mass is 399 g/mol. The maximum atomic E-state index is 13.6. The molecule has 0 atom stereocenters. The fourth-order valence-electron chi connectivity index (χ4n) is 3.61. The number of nitrogens with one attached hydrogen (secondary N) is 1. The van der Waals surface area contributed by atoms with Crippen LogP contribution in [0.2, 0.25) is 0 Å². The fourth-order valence-corrected chi connectivity index (χ4v) is 3.61. The van der Waals surface area contributed by atoms with Crippen LogP contribution in [-0.4, -0.2) is 52.3 Å². The van der Waals surface area contributed by atoms with Crippen LogP contribution in [0.4, 0.5) is 4.39 Å². The van der Waals surface area contributed by atoms with Gasteiger partial charge in [0, 0.05) is 32.6 Å². The number of nitrogens with zero attached hydrogens (tertiary/aromatic N) is 2. The molecule has 156 valence electrons. The van der Waals surface area contributed by atoms with Crippen molar-refractivity contribution in [1.29, 1.82) is 0 Å². The summed E-state index contributed by atoms with van der Waals surface area (Å²) in [6.07, 6.45) is 2.98. The van der Waals surface area contributed by atoms with Gasteiger partial charge in [-0.1, -0.05) is 18.2 Å². The van der Waals surface area contributed by atoms with Crippen molar-refractivity contribution in [3.05, 3.63) is 59.4 Å². The molecule has 1 aliphatic carbocycles. The van der Waals surface area contributed by atoms with Gasteiger partial charge in [0.15, 0.2) is 17.5 Å². The average molecular weight is 400 g/mol. The molecule has 3 rings (SSSR count). The highest BCUT2D eigenvalue weighted by Gasteiger charge is 2.44. The van der Waals surface area contributed by atoms with Crippen LogP contribution in [0.15, 0.2) is 47.5 Å². The van der Waals surface area contributed by atoms with Gasteiger partial charge < -0.3 is 19.7 Å². The lowest BCUT2D eigenvalue weighted by Gasteiger charge is -2.25. The Morgan fingerprint density at radius 1 is 1.14 bits per heavy atom. The van der Waals surface area contributed by atoms with Crippen molar-refractivity contribution in [3.8, 4) is 11.5 Å². The van der Waals surface area contributed by atoms with Crippen LogP contribution in [0, 0.1) is 5.82 Å². The Kier molecular flexibility index (Phi) is 6.62. The first kappa shape index (κ1) is 21.0. The molecular weight excluding hydrogens is 369 g/mol. The van der Waals surface area contributed by atoms with Crippen molar-refractivity contribution < 1.29 is 13.9 Å². The molecule has 0 amide bonds. The fraction of sp³-hybridized carbons (Fsp3) is 0.435. The Bertz CT molecular complexity index is 865. The topological polar surface area (TPSA) is 46.1 Å². The second-order valence-electron chi connectivity index (χ2n) is 7.55. The molecule has 0 spiro atoms. The predicted octanol–water partition coefficient (Wildman–Crippen LogP) is 3.62. The number of guanidine groups is 1. The smallest absolute Gasteiger partial charge is 0.193 e. The molecule has 0 aromatic heterocycles. The molecule has 1 saturated carbocycles. The van der Waals surface area contributed by atoms with Gasteiger partial charge in [-0.05, 0) is 54.7 Å². The lowest BCUT2D eigenvalue weighted by molar-refractivity contribution is 0.354. The van der Waals surface area contributed by atoms with Gasteiger partial charge in [-0.3, -0.25) is 4.99 Å². The Hall–Kier alpha value is -2.76. The molecule has 1 aliphatic rings. The normalized spacial score (nSPS) is 15.0. The molecular formula is C23H30FN3O2. The van der Waals surface area contributed by atoms with Crippen LogP contribution in [-0.2, 0) is 11.8 Å². The standard InChI is InChI=1S/C23H30FN3O2/c1-25-22(26-16-23(11-12-23)18-6-5-7-19(24)15-18)27(2)13-10-17-8-9-20(28-3)21(14-17)29-4/h5-9,14-15H,10-13,16H2,1-4H3,(H,25,26). The second-order valence-corrected chi connectivity index (χ2v) is 7.55. The number of likely N-dealkylation sites (N-methyl/N-ethyl adjacent to an activating group) is 1. The minimum atomic E-state index is -0.176. The number of rotatable bonds is 8. The summed E-state index contributed by atoms with van der Waals surface area (Å²) >= 11 is 0. The van der Waals surface area contributed by atoms with E-state index in [1.165, 1.54) is 11.6 Å². The lowest BCUT2D eigenvalue weighted by Crippen LogP contribution is -2.43. The first-order chi connectivity index (χ1) is 14.0. The second kappa shape index (κ2) is 9.16. The molecule has 2 aromatic rings. The number of benzene rings is 2. The molecule has 0 unspecified atom stereocenters. The van der Waals surface area contributed by atoms with E-state index in [1.807, 2.05) is 25.2 Å². The summed E-state index contributed by atoms with van der Waals surface area (Å²) in [6, 6.07) is 12.9. The van der Waals surface area contributed by atoms with Crippen LogP contribution in [0.1, 0.15) is 24.0 Å². The highest BCUT2D eigenvalue weighted by molar-refractivity contribution is 5.79. The molecule has 1 fully saturated rings. The van der Waals surface area contributed by atoms with Crippen molar-refractivity contribution in [2.45, 2.75) is 24.7 Å². The van der Waals surface area contributed by atoms with E-state index < -0.39 is 0 Å². The van der Waals surface area contributed by atoms with Gasteiger partial charge in [0.25, 0.3) is 0 Å². The Morgan fingerprint density at radius 3 is 2.52 bits per heavy atom. The summed E-state index contributed by atoms with van der Waals surface area (Å²) in [7, 11) is 7.10. The van der Waals surface area contributed by atoms with E-state index in [9.17, 15) is 4.39 Å². The molecule has 1 N–H and O–H groups in total. The number of hydrogen-bond acceptors (Lipinski definition) is 3. The highest BCUT2D eigenvalue weighted by Crippen LogP contribution is 2.47. The highest BCUT2D eigenvalue weighted by atomic mass is 19.1. The summed E-state index contributed by atoms with van der Waals surface area (Å²) in [6.45, 7) is 1.56. The SMILES string of the molecule is CN=C(NCC1(c2cccc(F)c2)CC1)N(C)CCc1ccc(OC)c(OC)c1. The molecule has 29 heavy (non-hydrogen) atoms. The number of halogens is 1. The summed E-state index contributed by atoms with van der Waals surface area (Å²) in [4.78, 5) is 6.53. The van der Waals surface area contributed by atoms with Crippen LogP contribution in [0.25, 0.3) is 0 Å². The first-order valence-electron chi connectivity index (χ1n) is 9.90. The van der Waals surface area contributed by atoms with E-state index in [-0.39, 0.29) is 11.2 Å². The van der Waals surface area contributed by atoms with Gasteiger partial charge >= 0.3 is 0 Å². The van der Waals surface area contributed by atoms with Crippen LogP contribution in [0.5, 0.6) is 11.5 Å². The van der Waals surface area contributed by atoms with Crippen molar-refractivity contribution in [2.75, 3.05) is 41.4 Å². The lowest BCUT2D eigenvalue weighted by atomic mass is 9.96. The maximum absolute atomic E-state index is 13.6. The molecule has 0 aliphatic heterocycles. The Labute approximate surface area is 172 Å². The van der Waals surface area contributed by atoms with E-state index >= 15 is 0 Å². The molecule has 6 heteroatoms. The number of aliphatic imine (C=N–C) groups is 1. The van der Waals surface area contributed by atoms with Gasteiger partial charge in [0.1, 0.15) is 5.82 Å². The summed E-state index contributed by atoms with van der Waals surface area (Å²) in [5.74, 6) is 2.13. The number of ether oxygens (including phenoxy) is 2. The van der Waals surface area contributed by atoms with Gasteiger partial charge in [-0.25, -0.2) is 4.39 Å². The van der Waals surface area contributed by atoms with E-state index in [4.69, 9.17) is 9.47 Å². The van der Waals surface area contributed by atoms with E-state index in [0.717, 1.165) is 55.4 Å². The molecule has 0 radical (unpaired) electrons. The third-order valence-corrected chi connectivity index (χ3v) is 5.63. The Balaban J connectivity index is 1.56. The van der Waals surface area contributed by atoms with E-state index in [0.29, 0.717) is 0 Å². The van der Waals surface area contributed by atoms with Crippen molar-refractivity contribution in [2.24, 2.45) is 4.99 Å². The maximum Gasteiger partial charge on any atom is 0.193 e. The third-order valence-electron chi connectivity index (χ3n) is 5.63. The third kappa shape index (κ3) is 5.00. The predicted molar refractivity (Wildman–Crippen MR) is 115 cm³/mol. The van der Waals surface area contributed by atoms with Gasteiger partial charge in [-0.15, -0.1) is 0 Å². The molecule has 2 aromatic carbocycles. The van der Waals surface area contributed by atoms with Crippen LogP contribution >= 0.6 is 0 Å². The van der Waals surface area contributed by atoms with Crippen molar-refractivity contribution in [3.63, 3.8) is 0 Å². The Morgan fingerprint density at radius 2 is 1.90 bits per heavy atom. The molecule has 0 bridgehead atoms.